The Balaban J connectivity index is 3.15. The fourth-order valence-corrected chi connectivity index (χ4v) is 0.584. The summed E-state index contributed by atoms with van der Waals surface area (Å²) in [5.74, 6) is -0.185. The first kappa shape index (κ1) is 6.60. The molecule has 0 unspecified atom stereocenters. The zero-order valence-electron chi connectivity index (χ0n) is 5.40. The number of nitrogens with zero attached hydrogens (tertiary/aromatic N) is 2. The van der Waals surface area contributed by atoms with Crippen molar-refractivity contribution < 1.29 is 5.11 Å². The Kier molecular flexibility index (Phi) is 1.57. The van der Waals surface area contributed by atoms with Crippen LogP contribution < -0.4 is 5.69 Å². The summed E-state index contributed by atoms with van der Waals surface area (Å²) in [4.78, 5) is 12.8. The van der Waals surface area contributed by atoms with Crippen LogP contribution in [0.4, 0.5) is 0 Å². The van der Waals surface area contributed by atoms with Gasteiger partial charge >= 0.3 is 5.69 Å². The van der Waals surface area contributed by atoms with Crippen LogP contribution in [0.2, 0.25) is 0 Å². The van der Waals surface area contributed by atoms with Gasteiger partial charge in [-0.25, -0.2) is 4.79 Å². The van der Waals surface area contributed by atoms with Crippen molar-refractivity contribution >= 4 is 6.21 Å². The lowest BCUT2D eigenvalue weighted by Gasteiger charge is -1.82. The molecule has 1 rings (SSSR count). The van der Waals surface area contributed by atoms with Crippen LogP contribution in [0.1, 0.15) is 6.92 Å². The number of H-pyrrole nitrogens is 1. The van der Waals surface area contributed by atoms with Gasteiger partial charge in [-0.05, 0) is 6.92 Å². The summed E-state index contributed by atoms with van der Waals surface area (Å²) < 4.78 is 1.01. The minimum absolute atomic E-state index is 0.185. The number of imidazole rings is 1. The van der Waals surface area contributed by atoms with Gasteiger partial charge in [-0.3, -0.25) is 4.98 Å². The zero-order valence-corrected chi connectivity index (χ0v) is 5.40. The zero-order chi connectivity index (χ0) is 7.56. The molecule has 0 spiro atoms. The van der Waals surface area contributed by atoms with E-state index in [-0.39, 0.29) is 5.88 Å². The Morgan fingerprint density at radius 3 is 3.00 bits per heavy atom. The first-order chi connectivity index (χ1) is 4.74. The van der Waals surface area contributed by atoms with Gasteiger partial charge in [-0.1, -0.05) is 0 Å². The third kappa shape index (κ3) is 1.07. The van der Waals surface area contributed by atoms with Crippen LogP contribution in [-0.4, -0.2) is 21.0 Å². The molecule has 0 aliphatic heterocycles. The third-order valence-corrected chi connectivity index (χ3v) is 0.928. The monoisotopic (exact) mass is 141 g/mol. The van der Waals surface area contributed by atoms with Crippen LogP contribution in [0.25, 0.3) is 0 Å². The molecule has 5 heteroatoms. The minimum atomic E-state index is -0.449. The molecule has 0 radical (unpaired) electrons. The second-order valence-corrected chi connectivity index (χ2v) is 1.66. The number of rotatable bonds is 1. The minimum Gasteiger partial charge on any atom is -0.493 e. The standard InChI is InChI=1S/C5H7N3O2/c1-2-6-8-3-4(9)7-5(8)10/h2-3,9H,1H3,(H,7,10). The molecule has 0 saturated heterocycles. The second-order valence-electron chi connectivity index (χ2n) is 1.66. The highest BCUT2D eigenvalue weighted by Gasteiger charge is 1.95. The van der Waals surface area contributed by atoms with Gasteiger partial charge in [0.15, 0.2) is 0 Å². The van der Waals surface area contributed by atoms with Crippen LogP contribution in [0.5, 0.6) is 5.88 Å². The lowest BCUT2D eigenvalue weighted by Crippen LogP contribution is -2.11. The summed E-state index contributed by atoms with van der Waals surface area (Å²) in [6, 6.07) is 0. The van der Waals surface area contributed by atoms with E-state index in [0.29, 0.717) is 0 Å². The summed E-state index contributed by atoms with van der Waals surface area (Å²) in [6.07, 6.45) is 2.65. The van der Waals surface area contributed by atoms with E-state index in [1.165, 1.54) is 12.4 Å². The molecule has 0 aromatic carbocycles. The number of hydrogen-bond acceptors (Lipinski definition) is 3. The maximum Gasteiger partial charge on any atom is 0.349 e. The van der Waals surface area contributed by atoms with Crippen molar-refractivity contribution in [3.05, 3.63) is 16.7 Å². The van der Waals surface area contributed by atoms with Gasteiger partial charge in [-0.15, -0.1) is 0 Å². The van der Waals surface area contributed by atoms with Gasteiger partial charge in [0.05, 0.1) is 6.20 Å². The highest BCUT2D eigenvalue weighted by Crippen LogP contribution is 1.95. The molecule has 0 aliphatic rings. The lowest BCUT2D eigenvalue weighted by molar-refractivity contribution is 0.455. The third-order valence-electron chi connectivity index (χ3n) is 0.928. The number of hydrogen-bond donors (Lipinski definition) is 2. The molecule has 0 atom stereocenters. The van der Waals surface area contributed by atoms with Gasteiger partial charge in [0, 0.05) is 6.21 Å². The molecular weight excluding hydrogens is 134 g/mol. The van der Waals surface area contributed by atoms with Crippen molar-refractivity contribution in [1.82, 2.24) is 9.66 Å². The maximum absolute atomic E-state index is 10.7. The number of nitrogens with one attached hydrogen (secondary N) is 1. The Hall–Kier alpha value is -1.52. The second kappa shape index (κ2) is 2.38. The molecule has 54 valence electrons. The molecule has 2 N–H and O–H groups in total. The molecule has 5 nitrogen and oxygen atoms in total. The van der Waals surface area contributed by atoms with Crippen LogP contribution in [0.15, 0.2) is 16.1 Å². The molecule has 1 aromatic rings. The molecule has 10 heavy (non-hydrogen) atoms. The predicted molar refractivity (Wildman–Crippen MR) is 36.3 cm³/mol. The van der Waals surface area contributed by atoms with E-state index in [0.717, 1.165) is 4.68 Å². The van der Waals surface area contributed by atoms with Gasteiger partial charge < -0.3 is 5.11 Å². The van der Waals surface area contributed by atoms with Crippen molar-refractivity contribution in [2.24, 2.45) is 5.10 Å². The Bertz CT molecular complexity index is 296. The van der Waals surface area contributed by atoms with Crippen LogP contribution in [0, 0.1) is 0 Å². The Morgan fingerprint density at radius 2 is 2.60 bits per heavy atom. The average molecular weight is 141 g/mol. The molecule has 0 aliphatic carbocycles. The van der Waals surface area contributed by atoms with Gasteiger partial charge in [0.2, 0.25) is 5.88 Å². The quantitative estimate of drug-likeness (QED) is 0.529. The summed E-state index contributed by atoms with van der Waals surface area (Å²) in [5, 5.41) is 12.3. The van der Waals surface area contributed by atoms with Crippen LogP contribution in [-0.2, 0) is 0 Å². The topological polar surface area (TPSA) is 70.4 Å². The van der Waals surface area contributed by atoms with E-state index in [1.54, 1.807) is 6.92 Å². The molecule has 0 bridgehead atoms. The van der Waals surface area contributed by atoms with Crippen LogP contribution >= 0.6 is 0 Å². The lowest BCUT2D eigenvalue weighted by atomic mass is 10.9. The first-order valence-electron chi connectivity index (χ1n) is 2.73. The normalized spacial score (nSPS) is 10.9. The van der Waals surface area contributed by atoms with Crippen molar-refractivity contribution in [3.8, 4) is 5.88 Å². The van der Waals surface area contributed by atoms with Crippen molar-refractivity contribution in [1.29, 1.82) is 0 Å². The Morgan fingerprint density at radius 1 is 1.90 bits per heavy atom. The van der Waals surface area contributed by atoms with E-state index in [2.05, 4.69) is 10.1 Å². The summed E-state index contributed by atoms with van der Waals surface area (Å²) in [6.45, 7) is 1.68. The fraction of sp³-hybridized carbons (Fsp3) is 0.200. The SMILES string of the molecule is CC=Nn1cc(O)[nH]c1=O. The summed E-state index contributed by atoms with van der Waals surface area (Å²) in [5.41, 5.74) is -0.449. The largest absolute Gasteiger partial charge is 0.493 e. The van der Waals surface area contributed by atoms with Gasteiger partial charge in [0.1, 0.15) is 0 Å². The molecular formula is C5H7N3O2. The highest BCUT2D eigenvalue weighted by molar-refractivity contribution is 5.52. The van der Waals surface area contributed by atoms with E-state index >= 15 is 0 Å². The first-order valence-corrected chi connectivity index (χ1v) is 2.73. The van der Waals surface area contributed by atoms with E-state index < -0.39 is 5.69 Å². The maximum atomic E-state index is 10.7. The molecule has 1 aromatic heterocycles. The van der Waals surface area contributed by atoms with Gasteiger partial charge in [-0.2, -0.15) is 9.78 Å². The van der Waals surface area contributed by atoms with Crippen LogP contribution in [0.3, 0.4) is 0 Å². The smallest absolute Gasteiger partial charge is 0.349 e. The van der Waals surface area contributed by atoms with E-state index in [4.69, 9.17) is 5.11 Å². The van der Waals surface area contributed by atoms with E-state index in [1.807, 2.05) is 0 Å². The molecule has 0 amide bonds. The molecule has 0 fully saturated rings. The van der Waals surface area contributed by atoms with Crippen molar-refractivity contribution in [2.45, 2.75) is 6.92 Å². The van der Waals surface area contributed by atoms with E-state index in [9.17, 15) is 4.79 Å². The van der Waals surface area contributed by atoms with Crippen molar-refractivity contribution in [3.63, 3.8) is 0 Å². The fourth-order valence-electron chi connectivity index (χ4n) is 0.584. The van der Waals surface area contributed by atoms with Gasteiger partial charge in [0.25, 0.3) is 0 Å². The summed E-state index contributed by atoms with van der Waals surface area (Å²) in [7, 11) is 0. The number of aromatic nitrogens is 2. The highest BCUT2D eigenvalue weighted by atomic mass is 16.3. The molecule has 1 heterocycles. The molecule has 0 saturated carbocycles. The Labute approximate surface area is 56.6 Å². The predicted octanol–water partition coefficient (Wildman–Crippen LogP) is -0.264. The summed E-state index contributed by atoms with van der Waals surface area (Å²) >= 11 is 0. The van der Waals surface area contributed by atoms with Crippen molar-refractivity contribution in [2.75, 3.05) is 0 Å². The number of aromatic amines is 1. The average Bonchev–Trinajstić information content (AvgIpc) is 2.13. The number of aromatic hydroxyl groups is 1.